The Morgan fingerprint density at radius 2 is 1.50 bits per heavy atom. The third-order valence-electron chi connectivity index (χ3n) is 2.73. The Kier molecular flexibility index (Phi) is 4.57. The topological polar surface area (TPSA) is 65.3 Å². The van der Waals surface area contributed by atoms with E-state index in [1.54, 1.807) is 0 Å². The molecule has 0 fully saturated rings. The van der Waals surface area contributed by atoms with Gasteiger partial charge >= 0.3 is 12.3 Å². The van der Waals surface area contributed by atoms with Gasteiger partial charge in [-0.05, 0) is 0 Å². The third-order valence-corrected chi connectivity index (χ3v) is 2.73. The lowest BCUT2D eigenvalue weighted by molar-refractivity contribution is -0.386. The summed E-state index contributed by atoms with van der Waals surface area (Å²) in [7, 11) is 0. The van der Waals surface area contributed by atoms with Gasteiger partial charge in [0.05, 0.1) is 10.5 Å². The lowest BCUT2D eigenvalue weighted by Gasteiger charge is -2.09. The molecule has 1 heterocycles. The minimum atomic E-state index is -3.49. The average molecular weight is 356 g/mol. The first-order chi connectivity index (χ1) is 11.1. The van der Waals surface area contributed by atoms with Gasteiger partial charge in [0, 0.05) is 17.8 Å². The van der Waals surface area contributed by atoms with Gasteiger partial charge in [0.15, 0.2) is 23.3 Å². The van der Waals surface area contributed by atoms with E-state index in [4.69, 9.17) is 0 Å². The van der Waals surface area contributed by atoms with E-state index >= 15 is 0 Å². The highest BCUT2D eigenvalue weighted by atomic mass is 19.3. The second-order valence-corrected chi connectivity index (χ2v) is 4.13. The van der Waals surface area contributed by atoms with Crippen molar-refractivity contribution in [3.8, 4) is 17.0 Å². The molecule has 0 bridgehead atoms. The van der Waals surface area contributed by atoms with E-state index in [2.05, 4.69) is 9.72 Å². The van der Waals surface area contributed by atoms with Crippen LogP contribution in [-0.4, -0.2) is 16.5 Å². The predicted molar refractivity (Wildman–Crippen MR) is 62.7 cm³/mol. The van der Waals surface area contributed by atoms with E-state index in [1.165, 1.54) is 0 Å². The van der Waals surface area contributed by atoms with Crippen LogP contribution in [0.15, 0.2) is 12.3 Å². The maximum Gasteiger partial charge on any atom is 0.388 e. The van der Waals surface area contributed by atoms with Crippen molar-refractivity contribution in [2.45, 2.75) is 6.61 Å². The second-order valence-electron chi connectivity index (χ2n) is 4.13. The van der Waals surface area contributed by atoms with Crippen LogP contribution < -0.4 is 4.74 Å². The minimum absolute atomic E-state index is 0.295. The number of rotatable bonds is 4. The SMILES string of the molecule is O=[N+]([O-])c1cc(-c2c(F)c(F)c(F)c(F)c2F)cnc1OC(F)F. The van der Waals surface area contributed by atoms with Crippen molar-refractivity contribution < 1.29 is 40.4 Å². The molecule has 0 radical (unpaired) electrons. The molecule has 0 unspecified atom stereocenters. The Balaban J connectivity index is 2.71. The van der Waals surface area contributed by atoms with Crippen LogP contribution in [0.1, 0.15) is 0 Å². The summed E-state index contributed by atoms with van der Waals surface area (Å²) in [4.78, 5) is 12.6. The van der Waals surface area contributed by atoms with Gasteiger partial charge in [-0.1, -0.05) is 0 Å². The van der Waals surface area contributed by atoms with E-state index in [-0.39, 0.29) is 0 Å². The van der Waals surface area contributed by atoms with Crippen LogP contribution in [0.4, 0.5) is 36.4 Å². The average Bonchev–Trinajstić information content (AvgIpc) is 2.51. The molecule has 24 heavy (non-hydrogen) atoms. The van der Waals surface area contributed by atoms with Crippen LogP contribution in [0.3, 0.4) is 0 Å². The van der Waals surface area contributed by atoms with Gasteiger partial charge in [-0.2, -0.15) is 8.78 Å². The highest BCUT2D eigenvalue weighted by Gasteiger charge is 2.29. The number of nitro groups is 1. The number of hydrogen-bond donors (Lipinski definition) is 0. The van der Waals surface area contributed by atoms with Crippen LogP contribution in [0, 0.1) is 39.2 Å². The molecular weight excluding hydrogens is 353 g/mol. The lowest BCUT2D eigenvalue weighted by atomic mass is 10.0. The number of nitrogens with zero attached hydrogens (tertiary/aromatic N) is 2. The summed E-state index contributed by atoms with van der Waals surface area (Å²) >= 11 is 0. The van der Waals surface area contributed by atoms with Crippen molar-refractivity contribution in [1.29, 1.82) is 0 Å². The summed E-state index contributed by atoms with van der Waals surface area (Å²) in [6.07, 6.45) is 0.392. The molecule has 0 atom stereocenters. The number of alkyl halides is 2. The fourth-order valence-electron chi connectivity index (χ4n) is 1.74. The number of benzene rings is 1. The number of halogens is 7. The highest BCUT2D eigenvalue weighted by Crippen LogP contribution is 2.35. The lowest BCUT2D eigenvalue weighted by Crippen LogP contribution is -2.08. The van der Waals surface area contributed by atoms with Crippen molar-refractivity contribution in [2.75, 3.05) is 0 Å². The van der Waals surface area contributed by atoms with Crippen molar-refractivity contribution >= 4 is 5.69 Å². The summed E-state index contributed by atoms with van der Waals surface area (Å²) in [5, 5.41) is 10.8. The first-order valence-corrected chi connectivity index (χ1v) is 5.76. The Bertz CT molecular complexity index is 800. The molecular formula is C12H3F7N2O3. The van der Waals surface area contributed by atoms with Crippen LogP contribution >= 0.6 is 0 Å². The molecule has 2 aromatic rings. The predicted octanol–water partition coefficient (Wildman–Crippen LogP) is 3.95. The Hall–Kier alpha value is -2.92. The highest BCUT2D eigenvalue weighted by molar-refractivity contribution is 5.68. The quantitative estimate of drug-likeness (QED) is 0.274. The van der Waals surface area contributed by atoms with Gasteiger partial charge in [-0.15, -0.1) is 0 Å². The standard InChI is InChI=1S/C12H3F7N2O3/c13-6-5(7(14)9(16)10(17)8(6)15)3-1-4(21(22)23)11(20-2-3)24-12(18)19/h1-2,12H. The van der Waals surface area contributed by atoms with Gasteiger partial charge in [-0.3, -0.25) is 10.1 Å². The van der Waals surface area contributed by atoms with Gasteiger partial charge in [0.2, 0.25) is 5.82 Å². The first-order valence-electron chi connectivity index (χ1n) is 5.76. The van der Waals surface area contributed by atoms with E-state index in [0.717, 1.165) is 0 Å². The molecule has 0 aliphatic rings. The summed E-state index contributed by atoms with van der Waals surface area (Å²) < 4.78 is 94.6. The number of aromatic nitrogens is 1. The molecule has 128 valence electrons. The van der Waals surface area contributed by atoms with Crippen molar-refractivity contribution in [3.05, 3.63) is 51.5 Å². The molecule has 0 aliphatic heterocycles. The fraction of sp³-hybridized carbons (Fsp3) is 0.0833. The normalized spacial score (nSPS) is 11.0. The van der Waals surface area contributed by atoms with E-state index < -0.39 is 63.3 Å². The maximum atomic E-state index is 13.7. The summed E-state index contributed by atoms with van der Waals surface area (Å²) in [6, 6.07) is 0.295. The van der Waals surface area contributed by atoms with Gasteiger partial charge in [0.25, 0.3) is 5.88 Å². The zero-order chi connectivity index (χ0) is 18.2. The Morgan fingerprint density at radius 1 is 1.00 bits per heavy atom. The molecule has 2 rings (SSSR count). The second kappa shape index (κ2) is 6.29. The van der Waals surface area contributed by atoms with Crippen LogP contribution in [-0.2, 0) is 0 Å². The molecule has 0 saturated heterocycles. The zero-order valence-corrected chi connectivity index (χ0v) is 11.0. The first kappa shape index (κ1) is 17.4. The largest absolute Gasteiger partial charge is 0.411 e. The summed E-state index contributed by atoms with van der Waals surface area (Å²) in [6.45, 7) is -3.49. The monoisotopic (exact) mass is 356 g/mol. The number of pyridine rings is 1. The summed E-state index contributed by atoms with van der Waals surface area (Å²) in [5.74, 6) is -12.7. The van der Waals surface area contributed by atoms with E-state index in [9.17, 15) is 40.8 Å². The van der Waals surface area contributed by atoms with Crippen molar-refractivity contribution in [3.63, 3.8) is 0 Å². The Labute approximate surface area is 127 Å². The molecule has 0 spiro atoms. The van der Waals surface area contributed by atoms with Gasteiger partial charge in [-0.25, -0.2) is 26.9 Å². The molecule has 0 amide bonds. The number of ether oxygens (including phenoxy) is 1. The smallest absolute Gasteiger partial charge is 0.388 e. The van der Waals surface area contributed by atoms with Crippen LogP contribution in [0.2, 0.25) is 0 Å². The van der Waals surface area contributed by atoms with Crippen molar-refractivity contribution in [1.82, 2.24) is 4.98 Å². The molecule has 1 aromatic carbocycles. The Morgan fingerprint density at radius 3 is 1.96 bits per heavy atom. The minimum Gasteiger partial charge on any atom is -0.411 e. The van der Waals surface area contributed by atoms with Crippen LogP contribution in [0.25, 0.3) is 11.1 Å². The molecule has 1 aromatic heterocycles. The third kappa shape index (κ3) is 2.94. The summed E-state index contributed by atoms with van der Waals surface area (Å²) in [5.41, 5.74) is -3.64. The number of hydrogen-bond acceptors (Lipinski definition) is 4. The molecule has 0 N–H and O–H groups in total. The zero-order valence-electron chi connectivity index (χ0n) is 11.0. The maximum absolute atomic E-state index is 13.7. The van der Waals surface area contributed by atoms with Gasteiger partial charge < -0.3 is 4.74 Å². The molecule has 0 aliphatic carbocycles. The fourth-order valence-corrected chi connectivity index (χ4v) is 1.74. The molecule has 0 saturated carbocycles. The van der Waals surface area contributed by atoms with E-state index in [1.807, 2.05) is 0 Å². The van der Waals surface area contributed by atoms with Crippen molar-refractivity contribution in [2.24, 2.45) is 0 Å². The molecule has 12 heteroatoms. The molecule has 5 nitrogen and oxygen atoms in total. The van der Waals surface area contributed by atoms with Gasteiger partial charge in [0.1, 0.15) is 0 Å². The van der Waals surface area contributed by atoms with Crippen LogP contribution in [0.5, 0.6) is 5.88 Å². The van der Waals surface area contributed by atoms with E-state index in [0.29, 0.717) is 12.3 Å².